The zero-order chi connectivity index (χ0) is 11.5. The van der Waals surface area contributed by atoms with Gasteiger partial charge in [0.15, 0.2) is 8.32 Å². The fourth-order valence-corrected chi connectivity index (χ4v) is 2.34. The van der Waals surface area contributed by atoms with Crippen molar-refractivity contribution in [2.24, 2.45) is 0 Å². The van der Waals surface area contributed by atoms with E-state index in [0.29, 0.717) is 11.1 Å². The Morgan fingerprint density at radius 3 is 2.33 bits per heavy atom. The van der Waals surface area contributed by atoms with Crippen molar-refractivity contribution in [3.05, 3.63) is 0 Å². The maximum absolute atomic E-state index is 6.09. The molecule has 0 amide bonds. The Morgan fingerprint density at radius 2 is 1.87 bits per heavy atom. The van der Waals surface area contributed by atoms with Crippen LogP contribution in [0.25, 0.3) is 0 Å². The minimum Gasteiger partial charge on any atom is -0.417 e. The minimum atomic E-state index is -1.50. The van der Waals surface area contributed by atoms with Crippen LogP contribution in [0.5, 0.6) is 0 Å². The van der Waals surface area contributed by atoms with Crippen molar-refractivity contribution in [1.29, 1.82) is 0 Å². The first-order chi connectivity index (χ1) is 6.83. The zero-order valence-electron chi connectivity index (χ0n) is 10.9. The number of rotatable bonds is 6. The minimum absolute atomic E-state index is 0.340. The molecule has 1 saturated heterocycles. The normalized spacial score (nSPS) is 21.8. The predicted octanol–water partition coefficient (Wildman–Crippen LogP) is 3.58. The first-order valence-corrected chi connectivity index (χ1v) is 8.99. The third kappa shape index (κ3) is 4.66. The fourth-order valence-electron chi connectivity index (χ4n) is 1.25. The first-order valence-electron chi connectivity index (χ1n) is 6.08. The van der Waals surface area contributed by atoms with Gasteiger partial charge in [-0.1, -0.05) is 20.8 Å². The highest BCUT2D eigenvalue weighted by molar-refractivity contribution is 6.74. The highest BCUT2D eigenvalue weighted by Gasteiger charge is 2.36. The standard InChI is InChI=1S/C12H26O2Si/c1-12(2,3)15(4,5)14-9-7-6-8-11-10-13-11/h11H,6-10H2,1-5H3. The molecule has 1 unspecified atom stereocenters. The summed E-state index contributed by atoms with van der Waals surface area (Å²) in [6, 6.07) is 0. The van der Waals surface area contributed by atoms with Gasteiger partial charge in [0, 0.05) is 6.61 Å². The van der Waals surface area contributed by atoms with E-state index in [0.717, 1.165) is 13.2 Å². The molecule has 0 N–H and O–H groups in total. The molecule has 0 bridgehead atoms. The Kier molecular flexibility index (Phi) is 4.38. The molecule has 0 radical (unpaired) electrons. The molecule has 1 aliphatic heterocycles. The van der Waals surface area contributed by atoms with Crippen molar-refractivity contribution in [3.63, 3.8) is 0 Å². The van der Waals surface area contributed by atoms with Gasteiger partial charge in [-0.15, -0.1) is 0 Å². The summed E-state index contributed by atoms with van der Waals surface area (Å²) in [5.41, 5.74) is 0. The lowest BCUT2D eigenvalue weighted by atomic mass is 10.2. The van der Waals surface area contributed by atoms with Crippen LogP contribution >= 0.6 is 0 Å². The Labute approximate surface area is 95.5 Å². The van der Waals surface area contributed by atoms with E-state index in [1.165, 1.54) is 19.3 Å². The largest absolute Gasteiger partial charge is 0.417 e. The summed E-state index contributed by atoms with van der Waals surface area (Å²) in [5, 5.41) is 0.340. The Bertz CT molecular complexity index is 192. The van der Waals surface area contributed by atoms with Crippen molar-refractivity contribution in [3.8, 4) is 0 Å². The van der Waals surface area contributed by atoms with Crippen LogP contribution in [0.3, 0.4) is 0 Å². The van der Waals surface area contributed by atoms with Crippen LogP contribution in [0.1, 0.15) is 40.0 Å². The maximum Gasteiger partial charge on any atom is 0.191 e. The van der Waals surface area contributed by atoms with Gasteiger partial charge in [-0.2, -0.15) is 0 Å². The van der Waals surface area contributed by atoms with Crippen LogP contribution in [-0.2, 0) is 9.16 Å². The lowest BCUT2D eigenvalue weighted by molar-refractivity contribution is 0.274. The van der Waals surface area contributed by atoms with Crippen molar-refractivity contribution in [2.75, 3.05) is 13.2 Å². The quantitative estimate of drug-likeness (QED) is 0.395. The van der Waals surface area contributed by atoms with Gasteiger partial charge in [-0.3, -0.25) is 0 Å². The van der Waals surface area contributed by atoms with E-state index in [-0.39, 0.29) is 0 Å². The summed E-state index contributed by atoms with van der Waals surface area (Å²) in [4.78, 5) is 0. The van der Waals surface area contributed by atoms with Crippen LogP contribution in [0.15, 0.2) is 0 Å². The van der Waals surface area contributed by atoms with Crippen molar-refractivity contribution < 1.29 is 9.16 Å². The monoisotopic (exact) mass is 230 g/mol. The molecule has 1 fully saturated rings. The average molecular weight is 230 g/mol. The number of hydrogen-bond donors (Lipinski definition) is 0. The molecule has 90 valence electrons. The van der Waals surface area contributed by atoms with Gasteiger partial charge < -0.3 is 9.16 Å². The SMILES string of the molecule is CC(C)(C)[Si](C)(C)OCCCCC1CO1. The molecular weight excluding hydrogens is 204 g/mol. The molecule has 1 heterocycles. The summed E-state index contributed by atoms with van der Waals surface area (Å²) in [6.07, 6.45) is 4.24. The van der Waals surface area contributed by atoms with Gasteiger partial charge in [0.1, 0.15) is 0 Å². The van der Waals surface area contributed by atoms with Crippen molar-refractivity contribution >= 4 is 8.32 Å². The molecule has 1 rings (SSSR count). The molecule has 0 aromatic carbocycles. The Hall–Kier alpha value is 0.137. The van der Waals surface area contributed by atoms with Gasteiger partial charge >= 0.3 is 0 Å². The summed E-state index contributed by atoms with van der Waals surface area (Å²) in [6.45, 7) is 13.4. The molecular formula is C12H26O2Si. The van der Waals surface area contributed by atoms with Crippen LogP contribution in [-0.4, -0.2) is 27.6 Å². The molecule has 15 heavy (non-hydrogen) atoms. The van der Waals surface area contributed by atoms with E-state index in [4.69, 9.17) is 9.16 Å². The van der Waals surface area contributed by atoms with Crippen LogP contribution in [0, 0.1) is 0 Å². The van der Waals surface area contributed by atoms with E-state index in [9.17, 15) is 0 Å². The molecule has 0 spiro atoms. The van der Waals surface area contributed by atoms with Crippen LogP contribution in [0.4, 0.5) is 0 Å². The third-order valence-electron chi connectivity index (χ3n) is 3.59. The van der Waals surface area contributed by atoms with E-state index in [1.807, 2.05) is 0 Å². The van der Waals surface area contributed by atoms with Gasteiger partial charge in [0.05, 0.1) is 12.7 Å². The maximum atomic E-state index is 6.09. The second-order valence-electron chi connectivity index (χ2n) is 6.06. The van der Waals surface area contributed by atoms with E-state index in [1.54, 1.807) is 0 Å². The number of unbranched alkanes of at least 4 members (excludes halogenated alkanes) is 1. The summed E-state index contributed by atoms with van der Waals surface area (Å²) in [5.74, 6) is 0. The van der Waals surface area contributed by atoms with Crippen molar-refractivity contribution in [2.45, 2.75) is 64.3 Å². The molecule has 0 saturated carbocycles. The number of ether oxygens (including phenoxy) is 1. The lowest BCUT2D eigenvalue weighted by Crippen LogP contribution is -2.40. The van der Waals surface area contributed by atoms with E-state index < -0.39 is 8.32 Å². The fraction of sp³-hybridized carbons (Fsp3) is 1.00. The highest BCUT2D eigenvalue weighted by Crippen LogP contribution is 2.36. The molecule has 3 heteroatoms. The van der Waals surface area contributed by atoms with Gasteiger partial charge in [-0.05, 0) is 37.4 Å². The molecule has 1 aliphatic rings. The Balaban J connectivity index is 2.06. The molecule has 1 atom stereocenters. The average Bonchev–Trinajstić information content (AvgIpc) is 2.85. The lowest BCUT2D eigenvalue weighted by Gasteiger charge is -2.36. The van der Waals surface area contributed by atoms with E-state index >= 15 is 0 Å². The molecule has 0 aliphatic carbocycles. The van der Waals surface area contributed by atoms with E-state index in [2.05, 4.69) is 33.9 Å². The van der Waals surface area contributed by atoms with Crippen LogP contribution < -0.4 is 0 Å². The summed E-state index contributed by atoms with van der Waals surface area (Å²) in [7, 11) is -1.50. The first kappa shape index (κ1) is 13.2. The van der Waals surface area contributed by atoms with Gasteiger partial charge in [-0.25, -0.2) is 0 Å². The smallest absolute Gasteiger partial charge is 0.191 e. The molecule has 0 aromatic rings. The Morgan fingerprint density at radius 1 is 1.27 bits per heavy atom. The number of epoxide rings is 1. The second kappa shape index (κ2) is 4.98. The summed E-state index contributed by atoms with van der Waals surface area (Å²) < 4.78 is 11.3. The highest BCUT2D eigenvalue weighted by atomic mass is 28.4. The zero-order valence-corrected chi connectivity index (χ0v) is 11.9. The topological polar surface area (TPSA) is 21.8 Å². The van der Waals surface area contributed by atoms with Crippen LogP contribution in [0.2, 0.25) is 18.1 Å². The number of hydrogen-bond acceptors (Lipinski definition) is 2. The van der Waals surface area contributed by atoms with Gasteiger partial charge in [0.2, 0.25) is 0 Å². The predicted molar refractivity (Wildman–Crippen MR) is 66.7 cm³/mol. The second-order valence-corrected chi connectivity index (χ2v) is 10.9. The molecule has 0 aromatic heterocycles. The van der Waals surface area contributed by atoms with Crippen molar-refractivity contribution in [1.82, 2.24) is 0 Å². The summed E-state index contributed by atoms with van der Waals surface area (Å²) >= 11 is 0. The molecule has 2 nitrogen and oxygen atoms in total. The van der Waals surface area contributed by atoms with Gasteiger partial charge in [0.25, 0.3) is 0 Å². The third-order valence-corrected chi connectivity index (χ3v) is 8.13.